The minimum absolute atomic E-state index is 0. The Balaban J connectivity index is 0.00000192. The van der Waals surface area contributed by atoms with Gasteiger partial charge >= 0.3 is 0 Å². The molecule has 0 aromatic carbocycles. The van der Waals surface area contributed by atoms with Crippen LogP contribution in [0.25, 0.3) is 0 Å². The molecule has 0 aromatic rings. The molecule has 5 nitrogen and oxygen atoms in total. The fourth-order valence-electron chi connectivity index (χ4n) is 4.13. The van der Waals surface area contributed by atoms with Gasteiger partial charge in [-0.15, -0.1) is 24.0 Å². The van der Waals surface area contributed by atoms with Crippen LogP contribution in [-0.2, 0) is 9.47 Å². The predicted molar refractivity (Wildman–Crippen MR) is 104 cm³/mol. The Hall–Kier alpha value is -0.0800. The van der Waals surface area contributed by atoms with Gasteiger partial charge in [-0.3, -0.25) is 4.99 Å². The Bertz CT molecular complexity index is 395. The summed E-state index contributed by atoms with van der Waals surface area (Å²) >= 11 is 0. The summed E-state index contributed by atoms with van der Waals surface area (Å²) in [4.78, 5) is 4.65. The number of nitrogens with zero attached hydrogens (tertiary/aromatic N) is 1. The number of hydrogen-bond acceptors (Lipinski definition) is 3. The molecule has 0 radical (unpaired) electrons. The average molecular weight is 437 g/mol. The minimum atomic E-state index is 0. The zero-order valence-electron chi connectivity index (χ0n) is 14.5. The molecule has 3 aliphatic rings. The van der Waals surface area contributed by atoms with Gasteiger partial charge in [0.25, 0.3) is 0 Å². The molecule has 1 heterocycles. The summed E-state index contributed by atoms with van der Waals surface area (Å²) in [6.45, 7) is 7.55. The van der Waals surface area contributed by atoms with E-state index < -0.39 is 0 Å². The number of halogens is 1. The van der Waals surface area contributed by atoms with Gasteiger partial charge in [-0.05, 0) is 46.0 Å². The normalized spacial score (nSPS) is 30.1. The maximum Gasteiger partial charge on any atom is 0.191 e. The molecule has 2 unspecified atom stereocenters. The number of aliphatic imine (C=N–C) groups is 1. The monoisotopic (exact) mass is 437 g/mol. The highest BCUT2D eigenvalue weighted by atomic mass is 127. The van der Waals surface area contributed by atoms with Crippen LogP contribution in [0.5, 0.6) is 0 Å². The lowest BCUT2D eigenvalue weighted by Gasteiger charge is -2.61. The Morgan fingerprint density at radius 2 is 1.96 bits per heavy atom. The van der Waals surface area contributed by atoms with Gasteiger partial charge in [-0.25, -0.2) is 0 Å². The second-order valence-electron chi connectivity index (χ2n) is 6.82. The standard InChI is InChI=1S/C17H31N3O2.HI/c1-3-18-16(19-13-6-10-21-11-7-13)20-14-12-15(22-4-2)17(14)8-5-9-17;/h13-15H,3-12H2,1-2H3,(H2,18,19,20);1H. The lowest BCUT2D eigenvalue weighted by atomic mass is 9.51. The first-order valence-corrected chi connectivity index (χ1v) is 9.05. The van der Waals surface area contributed by atoms with E-state index in [0.29, 0.717) is 23.6 Å². The van der Waals surface area contributed by atoms with Gasteiger partial charge in [0.2, 0.25) is 0 Å². The Labute approximate surface area is 157 Å². The van der Waals surface area contributed by atoms with Crippen molar-refractivity contribution in [1.82, 2.24) is 10.6 Å². The van der Waals surface area contributed by atoms with Crippen molar-refractivity contribution in [3.05, 3.63) is 0 Å². The van der Waals surface area contributed by atoms with Crippen molar-refractivity contribution in [2.75, 3.05) is 26.4 Å². The summed E-state index contributed by atoms with van der Waals surface area (Å²) in [6, 6.07) is 1.02. The summed E-state index contributed by atoms with van der Waals surface area (Å²) in [6.07, 6.45) is 7.65. The van der Waals surface area contributed by atoms with Crippen LogP contribution in [0.3, 0.4) is 0 Å². The molecule has 0 amide bonds. The zero-order chi connectivity index (χ0) is 15.4. The van der Waals surface area contributed by atoms with Gasteiger partial charge in [-0.2, -0.15) is 0 Å². The van der Waals surface area contributed by atoms with Crippen molar-refractivity contribution in [2.45, 2.75) is 70.6 Å². The predicted octanol–water partition coefficient (Wildman–Crippen LogP) is 2.69. The van der Waals surface area contributed by atoms with Gasteiger partial charge in [0, 0.05) is 43.9 Å². The quantitative estimate of drug-likeness (QED) is 0.395. The molecule has 2 N–H and O–H groups in total. The highest BCUT2D eigenvalue weighted by molar-refractivity contribution is 14.0. The lowest BCUT2D eigenvalue weighted by molar-refractivity contribution is -0.168. The maximum absolute atomic E-state index is 5.94. The molecule has 1 spiro atoms. The van der Waals surface area contributed by atoms with Crippen molar-refractivity contribution in [2.24, 2.45) is 10.4 Å². The third-order valence-electron chi connectivity index (χ3n) is 5.63. The molecule has 2 aliphatic carbocycles. The van der Waals surface area contributed by atoms with Crippen molar-refractivity contribution < 1.29 is 9.47 Å². The molecule has 0 bridgehead atoms. The summed E-state index contributed by atoms with van der Waals surface area (Å²) < 4.78 is 11.4. The minimum Gasteiger partial charge on any atom is -0.381 e. The van der Waals surface area contributed by atoms with Crippen LogP contribution in [-0.4, -0.2) is 50.5 Å². The highest BCUT2D eigenvalue weighted by Gasteiger charge is 2.59. The molecule has 2 saturated carbocycles. The average Bonchev–Trinajstić information content (AvgIpc) is 2.45. The van der Waals surface area contributed by atoms with Crippen LogP contribution >= 0.6 is 24.0 Å². The summed E-state index contributed by atoms with van der Waals surface area (Å²) in [7, 11) is 0. The van der Waals surface area contributed by atoms with E-state index in [1.807, 2.05) is 0 Å². The second kappa shape index (κ2) is 8.85. The summed E-state index contributed by atoms with van der Waals surface area (Å²) in [5.74, 6) is 0.987. The number of hydrogen-bond donors (Lipinski definition) is 2. The first kappa shape index (κ1) is 19.2. The SMILES string of the molecule is CCN=C(NC1CCOCC1)NC1CC(OCC)C12CCC2.I. The molecule has 0 aromatic heterocycles. The Morgan fingerprint density at radius 3 is 2.52 bits per heavy atom. The maximum atomic E-state index is 5.94. The van der Waals surface area contributed by atoms with E-state index >= 15 is 0 Å². The van der Waals surface area contributed by atoms with Gasteiger partial charge in [-0.1, -0.05) is 6.42 Å². The van der Waals surface area contributed by atoms with Crippen LogP contribution in [0.4, 0.5) is 0 Å². The third-order valence-corrected chi connectivity index (χ3v) is 5.63. The van der Waals surface area contributed by atoms with Gasteiger partial charge in [0.1, 0.15) is 0 Å². The molecule has 6 heteroatoms. The molecular formula is C17H32IN3O2. The Kier molecular flexibility index (Phi) is 7.41. The van der Waals surface area contributed by atoms with E-state index in [1.165, 1.54) is 19.3 Å². The van der Waals surface area contributed by atoms with Gasteiger partial charge < -0.3 is 20.1 Å². The van der Waals surface area contributed by atoms with Crippen molar-refractivity contribution in [3.8, 4) is 0 Å². The molecule has 23 heavy (non-hydrogen) atoms. The molecule has 3 fully saturated rings. The topological polar surface area (TPSA) is 54.9 Å². The highest BCUT2D eigenvalue weighted by Crippen LogP contribution is 2.57. The van der Waals surface area contributed by atoms with Crippen molar-refractivity contribution >= 4 is 29.9 Å². The molecule has 1 saturated heterocycles. The largest absolute Gasteiger partial charge is 0.381 e. The molecule has 134 valence electrons. The van der Waals surface area contributed by atoms with E-state index in [-0.39, 0.29) is 24.0 Å². The fourth-order valence-corrected chi connectivity index (χ4v) is 4.13. The van der Waals surface area contributed by atoms with E-state index in [4.69, 9.17) is 9.47 Å². The van der Waals surface area contributed by atoms with Crippen LogP contribution in [0, 0.1) is 5.41 Å². The van der Waals surface area contributed by atoms with Crippen molar-refractivity contribution in [1.29, 1.82) is 0 Å². The zero-order valence-corrected chi connectivity index (χ0v) is 16.8. The van der Waals surface area contributed by atoms with E-state index in [0.717, 1.165) is 51.6 Å². The Morgan fingerprint density at radius 1 is 1.22 bits per heavy atom. The number of guanidine groups is 1. The van der Waals surface area contributed by atoms with E-state index in [9.17, 15) is 0 Å². The van der Waals surface area contributed by atoms with Crippen LogP contribution in [0.2, 0.25) is 0 Å². The number of ether oxygens (including phenoxy) is 2. The van der Waals surface area contributed by atoms with Crippen LogP contribution in [0.1, 0.15) is 52.4 Å². The number of rotatable bonds is 5. The summed E-state index contributed by atoms with van der Waals surface area (Å²) in [5.41, 5.74) is 0.377. The number of nitrogens with one attached hydrogen (secondary N) is 2. The molecular weight excluding hydrogens is 405 g/mol. The van der Waals surface area contributed by atoms with Crippen LogP contribution in [0.15, 0.2) is 4.99 Å². The fraction of sp³-hybridized carbons (Fsp3) is 0.941. The van der Waals surface area contributed by atoms with E-state index in [2.05, 4.69) is 29.5 Å². The third kappa shape index (κ3) is 4.12. The summed E-state index contributed by atoms with van der Waals surface area (Å²) in [5, 5.41) is 7.31. The molecule has 1 aliphatic heterocycles. The van der Waals surface area contributed by atoms with Crippen molar-refractivity contribution in [3.63, 3.8) is 0 Å². The smallest absolute Gasteiger partial charge is 0.191 e. The second-order valence-corrected chi connectivity index (χ2v) is 6.82. The van der Waals surface area contributed by atoms with Crippen LogP contribution < -0.4 is 10.6 Å². The van der Waals surface area contributed by atoms with Gasteiger partial charge in [0.05, 0.1) is 6.10 Å². The molecule has 2 atom stereocenters. The molecule has 3 rings (SSSR count). The van der Waals surface area contributed by atoms with E-state index in [1.54, 1.807) is 0 Å². The first-order valence-electron chi connectivity index (χ1n) is 9.05. The first-order chi connectivity index (χ1) is 10.8. The van der Waals surface area contributed by atoms with Gasteiger partial charge in [0.15, 0.2) is 5.96 Å². The lowest BCUT2D eigenvalue weighted by Crippen LogP contribution is -2.69.